The van der Waals surface area contributed by atoms with Gasteiger partial charge < -0.3 is 15.4 Å². The molecule has 1 aliphatic heterocycles. The number of ether oxygens (including phenoxy) is 1. The van der Waals surface area contributed by atoms with Crippen LogP contribution >= 0.6 is 0 Å². The van der Waals surface area contributed by atoms with Crippen molar-refractivity contribution < 1.29 is 22.7 Å². The van der Waals surface area contributed by atoms with Gasteiger partial charge in [-0.25, -0.2) is 4.79 Å². The van der Waals surface area contributed by atoms with E-state index in [0.29, 0.717) is 17.7 Å². The van der Waals surface area contributed by atoms with Crippen LogP contribution in [0.1, 0.15) is 23.6 Å². The van der Waals surface area contributed by atoms with Gasteiger partial charge in [0.1, 0.15) is 5.75 Å². The zero-order chi connectivity index (χ0) is 19.0. The van der Waals surface area contributed by atoms with Crippen molar-refractivity contribution in [1.29, 1.82) is 0 Å². The van der Waals surface area contributed by atoms with Gasteiger partial charge in [0.15, 0.2) is 0 Å². The number of fused-ring (bicyclic) bond motifs is 2. The maximum Gasteiger partial charge on any atom is 0.416 e. The maximum atomic E-state index is 12.9. The predicted octanol–water partition coefficient (Wildman–Crippen LogP) is 4.23. The Labute approximate surface area is 151 Å². The third-order valence-electron chi connectivity index (χ3n) is 4.42. The molecular weight excluding hydrogens is 361 g/mol. The molecule has 1 unspecified atom stereocenters. The number of carbonyl (C=O) groups excluding carboxylic acids is 1. The van der Waals surface area contributed by atoms with Gasteiger partial charge in [-0.2, -0.15) is 18.3 Å². The van der Waals surface area contributed by atoms with E-state index in [1.54, 1.807) is 18.3 Å². The summed E-state index contributed by atoms with van der Waals surface area (Å²) >= 11 is 0. The standard InChI is InChI=1S/C18H15F3N4O2/c19-18(20,21)10-4-5-11-14(6-7-27-16(11)8-10)24-17(26)23-13-2-1-3-15-12(13)9-22-25-15/h1-5,8-9,14H,6-7H2,(H,22,25)(H2,23,24,26). The second kappa shape index (κ2) is 6.49. The number of halogens is 3. The molecule has 0 aliphatic carbocycles. The summed E-state index contributed by atoms with van der Waals surface area (Å²) in [5.74, 6) is 0.137. The van der Waals surface area contributed by atoms with Crippen molar-refractivity contribution in [3.8, 4) is 5.75 Å². The molecule has 2 heterocycles. The molecule has 0 bridgehead atoms. The molecule has 3 N–H and O–H groups in total. The lowest BCUT2D eigenvalue weighted by molar-refractivity contribution is -0.137. The average Bonchev–Trinajstić information content (AvgIpc) is 3.10. The molecule has 9 heteroatoms. The number of aromatic nitrogens is 2. The number of nitrogens with one attached hydrogen (secondary N) is 3. The van der Waals surface area contributed by atoms with Gasteiger partial charge in [0.2, 0.25) is 0 Å². The first-order valence-electron chi connectivity index (χ1n) is 8.25. The molecule has 1 atom stereocenters. The van der Waals surface area contributed by atoms with Crippen molar-refractivity contribution in [1.82, 2.24) is 15.5 Å². The van der Waals surface area contributed by atoms with Crippen molar-refractivity contribution in [3.63, 3.8) is 0 Å². The fraction of sp³-hybridized carbons (Fsp3) is 0.222. The van der Waals surface area contributed by atoms with Crippen LogP contribution in [-0.2, 0) is 6.18 Å². The normalized spacial score (nSPS) is 16.5. The van der Waals surface area contributed by atoms with Gasteiger partial charge in [0.05, 0.1) is 35.6 Å². The van der Waals surface area contributed by atoms with Crippen LogP contribution in [0, 0.1) is 0 Å². The van der Waals surface area contributed by atoms with Crippen molar-refractivity contribution >= 4 is 22.6 Å². The molecule has 6 nitrogen and oxygen atoms in total. The molecule has 0 radical (unpaired) electrons. The first-order chi connectivity index (χ1) is 12.9. The molecule has 2 amide bonds. The van der Waals surface area contributed by atoms with Crippen molar-refractivity contribution in [3.05, 3.63) is 53.7 Å². The number of hydrogen-bond acceptors (Lipinski definition) is 3. The smallest absolute Gasteiger partial charge is 0.416 e. The molecule has 1 aliphatic rings. The predicted molar refractivity (Wildman–Crippen MR) is 92.5 cm³/mol. The van der Waals surface area contributed by atoms with E-state index in [2.05, 4.69) is 20.8 Å². The Morgan fingerprint density at radius 3 is 2.93 bits per heavy atom. The minimum absolute atomic E-state index is 0.137. The van der Waals surface area contributed by atoms with Gasteiger partial charge >= 0.3 is 12.2 Å². The maximum absolute atomic E-state index is 12.9. The lowest BCUT2D eigenvalue weighted by Crippen LogP contribution is -2.35. The van der Waals surface area contributed by atoms with E-state index in [1.807, 2.05) is 6.07 Å². The highest BCUT2D eigenvalue weighted by Gasteiger charge is 2.33. The zero-order valence-electron chi connectivity index (χ0n) is 13.9. The van der Waals surface area contributed by atoms with Gasteiger partial charge in [-0.05, 0) is 24.3 Å². The minimum Gasteiger partial charge on any atom is -0.493 e. The summed E-state index contributed by atoms with van der Waals surface area (Å²) in [5.41, 5.74) is 1.10. The Kier molecular flexibility index (Phi) is 4.14. The number of alkyl halides is 3. The van der Waals surface area contributed by atoms with Crippen LogP contribution in [0.2, 0.25) is 0 Å². The molecule has 3 aromatic rings. The number of anilines is 1. The van der Waals surface area contributed by atoms with E-state index in [0.717, 1.165) is 23.0 Å². The molecule has 0 saturated heterocycles. The molecule has 140 valence electrons. The van der Waals surface area contributed by atoms with Crippen molar-refractivity contribution in [2.24, 2.45) is 0 Å². The number of amides is 2. The summed E-state index contributed by atoms with van der Waals surface area (Å²) in [6.07, 6.45) is -2.38. The third-order valence-corrected chi connectivity index (χ3v) is 4.42. The first kappa shape index (κ1) is 17.2. The van der Waals surface area contributed by atoms with Gasteiger partial charge in [0.25, 0.3) is 0 Å². The SMILES string of the molecule is O=C(Nc1cccc2[nH]ncc12)NC1CCOc2cc(C(F)(F)F)ccc21. The summed E-state index contributed by atoms with van der Waals surface area (Å²) < 4.78 is 43.9. The van der Waals surface area contributed by atoms with Crippen LogP contribution in [0.25, 0.3) is 10.9 Å². The van der Waals surface area contributed by atoms with Crippen LogP contribution in [0.3, 0.4) is 0 Å². The van der Waals surface area contributed by atoms with E-state index in [1.165, 1.54) is 6.07 Å². The van der Waals surface area contributed by atoms with Gasteiger partial charge in [-0.3, -0.25) is 5.10 Å². The average molecular weight is 376 g/mol. The fourth-order valence-electron chi connectivity index (χ4n) is 3.11. The highest BCUT2D eigenvalue weighted by Crippen LogP contribution is 2.38. The quantitative estimate of drug-likeness (QED) is 0.626. The highest BCUT2D eigenvalue weighted by molar-refractivity contribution is 6.00. The van der Waals surface area contributed by atoms with Crippen LogP contribution < -0.4 is 15.4 Å². The van der Waals surface area contributed by atoms with E-state index in [4.69, 9.17) is 4.74 Å². The minimum atomic E-state index is -4.45. The zero-order valence-corrected chi connectivity index (χ0v) is 13.9. The lowest BCUT2D eigenvalue weighted by Gasteiger charge is -2.27. The van der Waals surface area contributed by atoms with Crippen LogP contribution in [0.15, 0.2) is 42.6 Å². The number of aromatic amines is 1. The van der Waals surface area contributed by atoms with E-state index in [9.17, 15) is 18.0 Å². The molecule has 2 aromatic carbocycles. The second-order valence-electron chi connectivity index (χ2n) is 6.18. The van der Waals surface area contributed by atoms with Crippen molar-refractivity contribution in [2.75, 3.05) is 11.9 Å². The Hall–Kier alpha value is -3.23. The molecule has 0 fully saturated rings. The third kappa shape index (κ3) is 3.40. The van der Waals surface area contributed by atoms with Gasteiger partial charge in [-0.15, -0.1) is 0 Å². The number of carbonyl (C=O) groups is 1. The molecule has 27 heavy (non-hydrogen) atoms. The number of rotatable bonds is 2. The summed E-state index contributed by atoms with van der Waals surface area (Å²) in [6.45, 7) is 0.219. The molecule has 0 spiro atoms. The molecule has 0 saturated carbocycles. The monoisotopic (exact) mass is 376 g/mol. The van der Waals surface area contributed by atoms with Gasteiger partial charge in [-0.1, -0.05) is 12.1 Å². The number of H-pyrrole nitrogens is 1. The molecule has 4 rings (SSSR count). The Balaban J connectivity index is 1.52. The highest BCUT2D eigenvalue weighted by atomic mass is 19.4. The Morgan fingerprint density at radius 2 is 2.11 bits per heavy atom. The van der Waals surface area contributed by atoms with Gasteiger partial charge in [0, 0.05) is 17.4 Å². The fourth-order valence-corrected chi connectivity index (χ4v) is 3.11. The number of urea groups is 1. The summed E-state index contributed by atoms with van der Waals surface area (Å²) in [7, 11) is 0. The van der Waals surface area contributed by atoms with Crippen LogP contribution in [0.4, 0.5) is 23.7 Å². The Morgan fingerprint density at radius 1 is 1.26 bits per heavy atom. The topological polar surface area (TPSA) is 79.0 Å². The summed E-state index contributed by atoms with van der Waals surface area (Å²) in [4.78, 5) is 12.4. The first-order valence-corrected chi connectivity index (χ1v) is 8.25. The Bertz CT molecular complexity index is 1000. The number of nitrogens with zero attached hydrogens (tertiary/aromatic N) is 1. The number of hydrogen-bond donors (Lipinski definition) is 3. The second-order valence-corrected chi connectivity index (χ2v) is 6.18. The summed E-state index contributed by atoms with van der Waals surface area (Å²) in [6, 6.07) is 7.75. The van der Waals surface area contributed by atoms with E-state index < -0.39 is 23.8 Å². The molecule has 1 aromatic heterocycles. The van der Waals surface area contributed by atoms with E-state index in [-0.39, 0.29) is 12.4 Å². The summed E-state index contributed by atoms with van der Waals surface area (Å²) in [5, 5.41) is 13.1. The van der Waals surface area contributed by atoms with E-state index >= 15 is 0 Å². The lowest BCUT2D eigenvalue weighted by atomic mass is 9.98. The number of benzene rings is 2. The van der Waals surface area contributed by atoms with Crippen LogP contribution in [-0.4, -0.2) is 22.8 Å². The largest absolute Gasteiger partial charge is 0.493 e. The molecular formula is C18H15F3N4O2. The van der Waals surface area contributed by atoms with Crippen LogP contribution in [0.5, 0.6) is 5.75 Å². The van der Waals surface area contributed by atoms with Crippen molar-refractivity contribution in [2.45, 2.75) is 18.6 Å².